The zero-order valence-electron chi connectivity index (χ0n) is 11.1. The lowest BCUT2D eigenvalue weighted by molar-refractivity contribution is 0.416. The van der Waals surface area contributed by atoms with Gasteiger partial charge in [-0.2, -0.15) is 5.10 Å². The lowest BCUT2D eigenvalue weighted by atomic mass is 10.3. The van der Waals surface area contributed by atoms with Crippen LogP contribution in [0, 0.1) is 0 Å². The number of nitrogens with zero attached hydrogens (tertiary/aromatic N) is 3. The Morgan fingerprint density at radius 2 is 2.26 bits per heavy atom. The van der Waals surface area contributed by atoms with Crippen molar-refractivity contribution in [1.29, 1.82) is 0 Å². The van der Waals surface area contributed by atoms with Gasteiger partial charge in [0.05, 0.1) is 19.3 Å². The Labute approximate surface area is 121 Å². The highest BCUT2D eigenvalue weighted by molar-refractivity contribution is 9.10. The lowest BCUT2D eigenvalue weighted by Gasteiger charge is -2.11. The van der Waals surface area contributed by atoms with Gasteiger partial charge in [0.2, 0.25) is 0 Å². The SMILES string of the molecule is CCCn1ncnc1CNc1cc(Br)ccc1OC. The van der Waals surface area contributed by atoms with Gasteiger partial charge in [0, 0.05) is 11.0 Å². The molecule has 0 fully saturated rings. The molecule has 6 heteroatoms. The molecule has 5 nitrogen and oxygen atoms in total. The molecule has 0 spiro atoms. The minimum Gasteiger partial charge on any atom is -0.495 e. The van der Waals surface area contributed by atoms with Crippen molar-refractivity contribution >= 4 is 21.6 Å². The fourth-order valence-electron chi connectivity index (χ4n) is 1.82. The number of hydrogen-bond donors (Lipinski definition) is 1. The number of nitrogens with one attached hydrogen (secondary N) is 1. The molecule has 0 bridgehead atoms. The first-order valence-electron chi connectivity index (χ1n) is 6.18. The number of methoxy groups -OCH3 is 1. The smallest absolute Gasteiger partial charge is 0.146 e. The molecular weight excluding hydrogens is 308 g/mol. The zero-order chi connectivity index (χ0) is 13.7. The topological polar surface area (TPSA) is 52.0 Å². The molecule has 0 radical (unpaired) electrons. The van der Waals surface area contributed by atoms with E-state index in [2.05, 4.69) is 38.3 Å². The third-order valence-corrected chi connectivity index (χ3v) is 3.22. The van der Waals surface area contributed by atoms with Crippen LogP contribution in [-0.2, 0) is 13.1 Å². The van der Waals surface area contributed by atoms with E-state index in [-0.39, 0.29) is 0 Å². The Morgan fingerprint density at radius 3 is 3.00 bits per heavy atom. The van der Waals surface area contributed by atoms with Crippen molar-refractivity contribution in [3.63, 3.8) is 0 Å². The quantitative estimate of drug-likeness (QED) is 0.887. The number of ether oxygens (including phenoxy) is 1. The first-order chi connectivity index (χ1) is 9.24. The number of anilines is 1. The van der Waals surface area contributed by atoms with Crippen molar-refractivity contribution in [1.82, 2.24) is 14.8 Å². The average Bonchev–Trinajstić information content (AvgIpc) is 2.84. The van der Waals surface area contributed by atoms with Crippen LogP contribution in [0.5, 0.6) is 5.75 Å². The van der Waals surface area contributed by atoms with E-state index < -0.39 is 0 Å². The summed E-state index contributed by atoms with van der Waals surface area (Å²) in [5, 5.41) is 7.53. The van der Waals surface area contributed by atoms with Gasteiger partial charge in [0.1, 0.15) is 17.9 Å². The Morgan fingerprint density at radius 1 is 1.42 bits per heavy atom. The number of benzene rings is 1. The molecule has 1 N–H and O–H groups in total. The molecule has 0 unspecified atom stereocenters. The highest BCUT2D eigenvalue weighted by Gasteiger charge is 2.06. The standard InChI is InChI=1S/C13H17BrN4O/c1-3-6-18-13(16-9-17-18)8-15-11-7-10(14)4-5-12(11)19-2/h4-5,7,9,15H,3,6,8H2,1-2H3. The van der Waals surface area contributed by atoms with E-state index >= 15 is 0 Å². The van der Waals surface area contributed by atoms with Crippen LogP contribution in [0.4, 0.5) is 5.69 Å². The van der Waals surface area contributed by atoms with E-state index in [9.17, 15) is 0 Å². The van der Waals surface area contributed by atoms with E-state index in [0.29, 0.717) is 6.54 Å². The molecule has 2 rings (SSSR count). The van der Waals surface area contributed by atoms with Crippen LogP contribution in [0.2, 0.25) is 0 Å². The maximum atomic E-state index is 5.32. The lowest BCUT2D eigenvalue weighted by Crippen LogP contribution is -2.10. The summed E-state index contributed by atoms with van der Waals surface area (Å²) in [6.07, 6.45) is 2.63. The van der Waals surface area contributed by atoms with Gasteiger partial charge in [0.25, 0.3) is 0 Å². The average molecular weight is 325 g/mol. The van der Waals surface area contributed by atoms with Gasteiger partial charge in [-0.05, 0) is 24.6 Å². The van der Waals surface area contributed by atoms with Crippen molar-refractivity contribution in [2.45, 2.75) is 26.4 Å². The zero-order valence-corrected chi connectivity index (χ0v) is 12.6. The number of aryl methyl sites for hydroxylation is 1. The first-order valence-corrected chi connectivity index (χ1v) is 6.98. The summed E-state index contributed by atoms with van der Waals surface area (Å²) >= 11 is 3.45. The van der Waals surface area contributed by atoms with Gasteiger partial charge >= 0.3 is 0 Å². The number of hydrogen-bond acceptors (Lipinski definition) is 4. The summed E-state index contributed by atoms with van der Waals surface area (Å²) in [4.78, 5) is 4.26. The van der Waals surface area contributed by atoms with Gasteiger partial charge in [-0.1, -0.05) is 22.9 Å². The van der Waals surface area contributed by atoms with Crippen LogP contribution in [0.3, 0.4) is 0 Å². The number of halogens is 1. The van der Waals surface area contributed by atoms with Crippen molar-refractivity contribution < 1.29 is 4.74 Å². The summed E-state index contributed by atoms with van der Waals surface area (Å²) in [5.41, 5.74) is 0.933. The maximum Gasteiger partial charge on any atom is 0.146 e. The second-order valence-electron chi connectivity index (χ2n) is 4.10. The summed E-state index contributed by atoms with van der Waals surface area (Å²) in [6, 6.07) is 5.85. The minimum atomic E-state index is 0.618. The largest absolute Gasteiger partial charge is 0.495 e. The van der Waals surface area contributed by atoms with Gasteiger partial charge in [-0.15, -0.1) is 0 Å². The van der Waals surface area contributed by atoms with Gasteiger partial charge in [0.15, 0.2) is 0 Å². The molecular formula is C13H17BrN4O. The predicted molar refractivity (Wildman–Crippen MR) is 78.3 cm³/mol. The van der Waals surface area contributed by atoms with Crippen LogP contribution in [0.1, 0.15) is 19.2 Å². The number of aromatic nitrogens is 3. The molecule has 2 aromatic rings. The molecule has 1 heterocycles. The molecule has 0 aliphatic heterocycles. The van der Waals surface area contributed by atoms with Crippen LogP contribution in [0.25, 0.3) is 0 Å². The third-order valence-electron chi connectivity index (χ3n) is 2.73. The summed E-state index contributed by atoms with van der Waals surface area (Å²) in [7, 11) is 1.66. The van der Waals surface area contributed by atoms with Gasteiger partial charge < -0.3 is 10.1 Å². The Hall–Kier alpha value is -1.56. The van der Waals surface area contributed by atoms with E-state index in [1.165, 1.54) is 0 Å². The third kappa shape index (κ3) is 3.47. The molecule has 0 amide bonds. The Bertz CT molecular complexity index is 541. The predicted octanol–water partition coefficient (Wildman–Crippen LogP) is 3.07. The van der Waals surface area contributed by atoms with Gasteiger partial charge in [-0.3, -0.25) is 0 Å². The van der Waals surface area contributed by atoms with Crippen LogP contribution < -0.4 is 10.1 Å². The molecule has 0 aliphatic rings. The molecule has 1 aromatic heterocycles. The van der Waals surface area contributed by atoms with Crippen molar-refractivity contribution in [3.05, 3.63) is 34.8 Å². The fraction of sp³-hybridized carbons (Fsp3) is 0.385. The molecule has 0 saturated heterocycles. The fourth-order valence-corrected chi connectivity index (χ4v) is 2.18. The van der Waals surface area contributed by atoms with Crippen LogP contribution in [-0.4, -0.2) is 21.9 Å². The summed E-state index contributed by atoms with van der Waals surface area (Å²) in [5.74, 6) is 1.73. The normalized spacial score (nSPS) is 10.5. The summed E-state index contributed by atoms with van der Waals surface area (Å²) < 4.78 is 8.24. The molecule has 19 heavy (non-hydrogen) atoms. The van der Waals surface area contributed by atoms with Crippen molar-refractivity contribution in [2.24, 2.45) is 0 Å². The second-order valence-corrected chi connectivity index (χ2v) is 5.01. The van der Waals surface area contributed by atoms with Crippen molar-refractivity contribution in [2.75, 3.05) is 12.4 Å². The number of rotatable bonds is 6. The van der Waals surface area contributed by atoms with Crippen LogP contribution in [0.15, 0.2) is 29.0 Å². The maximum absolute atomic E-state index is 5.32. The van der Waals surface area contributed by atoms with E-state index in [4.69, 9.17) is 4.74 Å². The van der Waals surface area contributed by atoms with Crippen molar-refractivity contribution in [3.8, 4) is 5.75 Å². The molecule has 102 valence electrons. The molecule has 0 aliphatic carbocycles. The molecule has 0 atom stereocenters. The Kier molecular flexibility index (Phi) is 4.79. The molecule has 0 saturated carbocycles. The van der Waals surface area contributed by atoms with Crippen LogP contribution >= 0.6 is 15.9 Å². The minimum absolute atomic E-state index is 0.618. The summed E-state index contributed by atoms with van der Waals surface area (Å²) in [6.45, 7) is 3.62. The highest BCUT2D eigenvalue weighted by atomic mass is 79.9. The van der Waals surface area contributed by atoms with Gasteiger partial charge in [-0.25, -0.2) is 9.67 Å². The molecule has 1 aromatic carbocycles. The van der Waals surface area contributed by atoms with E-state index in [1.807, 2.05) is 22.9 Å². The van der Waals surface area contributed by atoms with E-state index in [1.54, 1.807) is 13.4 Å². The highest BCUT2D eigenvalue weighted by Crippen LogP contribution is 2.28. The second kappa shape index (κ2) is 6.56. The Balaban J connectivity index is 2.09. The van der Waals surface area contributed by atoms with E-state index in [0.717, 1.165) is 34.7 Å². The first kappa shape index (κ1) is 13.9. The monoisotopic (exact) mass is 324 g/mol.